The lowest BCUT2D eigenvalue weighted by atomic mass is 9.74. The van der Waals surface area contributed by atoms with Gasteiger partial charge in [-0.2, -0.15) is 0 Å². The zero-order valence-corrected chi connectivity index (χ0v) is 38.2. The van der Waals surface area contributed by atoms with Gasteiger partial charge in [-0.1, -0.05) is 182 Å². The van der Waals surface area contributed by atoms with E-state index in [-0.39, 0.29) is 5.92 Å². The highest BCUT2D eigenvalue weighted by molar-refractivity contribution is 6.22. The second-order valence-electron chi connectivity index (χ2n) is 18.8. The number of nitrogens with zero attached hydrogens (tertiary/aromatic N) is 3. The average molecular weight is 890 g/mol. The lowest BCUT2D eigenvalue weighted by molar-refractivity contribution is 0.907. The van der Waals surface area contributed by atoms with Crippen molar-refractivity contribution in [2.75, 3.05) is 9.80 Å². The summed E-state index contributed by atoms with van der Waals surface area (Å²) in [5.74, 6) is -0.0267. The summed E-state index contributed by atoms with van der Waals surface area (Å²) >= 11 is 0. The van der Waals surface area contributed by atoms with E-state index < -0.39 is 0 Å². The van der Waals surface area contributed by atoms with Crippen LogP contribution in [-0.4, -0.2) is 4.57 Å². The first kappa shape index (κ1) is 38.9. The van der Waals surface area contributed by atoms with Gasteiger partial charge < -0.3 is 14.4 Å². The Bertz CT molecular complexity index is 4150. The van der Waals surface area contributed by atoms with Crippen LogP contribution in [0.3, 0.4) is 0 Å². The summed E-state index contributed by atoms with van der Waals surface area (Å²) in [4.78, 5) is 5.07. The Morgan fingerprint density at radius 3 is 1.36 bits per heavy atom. The minimum absolute atomic E-state index is 0.0267. The van der Waals surface area contributed by atoms with Gasteiger partial charge in [-0.3, -0.25) is 0 Å². The Kier molecular flexibility index (Phi) is 8.42. The van der Waals surface area contributed by atoms with Crippen LogP contribution in [0, 0.1) is 0 Å². The molecule has 3 heteroatoms. The van der Waals surface area contributed by atoms with E-state index in [1.165, 1.54) is 116 Å². The number of para-hydroxylation sites is 5. The van der Waals surface area contributed by atoms with Gasteiger partial charge in [0.1, 0.15) is 0 Å². The molecule has 0 aliphatic carbocycles. The predicted molar refractivity (Wildman–Crippen MR) is 294 cm³/mol. The van der Waals surface area contributed by atoms with Crippen molar-refractivity contribution in [3.63, 3.8) is 0 Å². The summed E-state index contributed by atoms with van der Waals surface area (Å²) in [5.41, 5.74) is 19.3. The quantitative estimate of drug-likeness (QED) is 0.160. The van der Waals surface area contributed by atoms with Crippen molar-refractivity contribution in [2.45, 2.75) is 5.92 Å². The fraction of sp³-hybridized carbons (Fsp3) is 0.0149. The minimum Gasteiger partial charge on any atom is -0.310 e. The second kappa shape index (κ2) is 15.2. The summed E-state index contributed by atoms with van der Waals surface area (Å²) in [6.45, 7) is 0. The molecular weight excluding hydrogens is 847 g/mol. The van der Waals surface area contributed by atoms with E-state index in [1.54, 1.807) is 0 Å². The van der Waals surface area contributed by atoms with E-state index >= 15 is 0 Å². The summed E-state index contributed by atoms with van der Waals surface area (Å²) in [7, 11) is 0. The fourth-order valence-electron chi connectivity index (χ4n) is 12.2. The van der Waals surface area contributed by atoms with Crippen molar-refractivity contribution >= 4 is 88.2 Å². The monoisotopic (exact) mass is 889 g/mol. The van der Waals surface area contributed by atoms with Gasteiger partial charge in [0.2, 0.25) is 0 Å². The van der Waals surface area contributed by atoms with E-state index in [0.29, 0.717) is 0 Å². The van der Waals surface area contributed by atoms with Crippen LogP contribution < -0.4 is 9.80 Å². The molecule has 326 valence electrons. The number of hydrogen-bond acceptors (Lipinski definition) is 2. The number of benzene rings is 12. The number of aromatic nitrogens is 1. The van der Waals surface area contributed by atoms with Crippen molar-refractivity contribution in [1.29, 1.82) is 0 Å². The van der Waals surface area contributed by atoms with Crippen LogP contribution in [0.25, 0.3) is 82.1 Å². The molecule has 70 heavy (non-hydrogen) atoms. The first-order valence-corrected chi connectivity index (χ1v) is 24.3. The Labute approximate surface area is 406 Å². The highest BCUT2D eigenvalue weighted by Crippen LogP contribution is 2.62. The standard InChI is InChI=1S/C67H43N3/c1-3-21-47(22-4-1)68-60-34-18-15-31-56(60)66-57-38-37-49(70-58-32-16-13-25-50(58)51-26-14-17-33-59(51)70)42-61(57)69(48-23-5-2-6-24-48)63-41-46(40-62(68)67(63)66)65-54-29-11-9-27-52(54)64(53-28-10-12-30-55(53)65)45-36-35-43-19-7-8-20-44(43)39-45/h1-42,66H. The van der Waals surface area contributed by atoms with Crippen LogP contribution in [-0.2, 0) is 0 Å². The average Bonchev–Trinajstić information content (AvgIpc) is 3.77. The summed E-state index contributed by atoms with van der Waals surface area (Å²) in [5, 5.41) is 9.92. The van der Waals surface area contributed by atoms with Crippen molar-refractivity contribution in [1.82, 2.24) is 4.57 Å². The molecule has 2 aliphatic heterocycles. The van der Waals surface area contributed by atoms with Crippen LogP contribution >= 0.6 is 0 Å². The molecule has 2 aliphatic rings. The van der Waals surface area contributed by atoms with E-state index in [2.05, 4.69) is 269 Å². The van der Waals surface area contributed by atoms with Crippen molar-refractivity contribution < 1.29 is 0 Å². The molecule has 0 bridgehead atoms. The third-order valence-electron chi connectivity index (χ3n) is 15.1. The highest BCUT2D eigenvalue weighted by atomic mass is 15.2. The highest BCUT2D eigenvalue weighted by Gasteiger charge is 2.41. The molecule has 13 aromatic rings. The van der Waals surface area contributed by atoms with Crippen molar-refractivity contribution in [2.24, 2.45) is 0 Å². The molecule has 0 saturated heterocycles. The Balaban J connectivity index is 1.06. The molecule has 1 unspecified atom stereocenters. The lowest BCUT2D eigenvalue weighted by Gasteiger charge is -2.45. The van der Waals surface area contributed by atoms with Crippen LogP contribution in [0.4, 0.5) is 34.1 Å². The topological polar surface area (TPSA) is 11.4 Å². The Hall–Kier alpha value is -9.18. The Morgan fingerprint density at radius 2 is 0.743 bits per heavy atom. The maximum Gasteiger partial charge on any atom is 0.0541 e. The van der Waals surface area contributed by atoms with Gasteiger partial charge in [0.25, 0.3) is 0 Å². The molecule has 15 rings (SSSR count). The smallest absolute Gasteiger partial charge is 0.0541 e. The number of hydrogen-bond donors (Lipinski definition) is 0. The third kappa shape index (κ3) is 5.63. The first-order valence-electron chi connectivity index (χ1n) is 24.3. The summed E-state index contributed by atoms with van der Waals surface area (Å²) in [6.07, 6.45) is 0. The molecule has 0 spiro atoms. The van der Waals surface area contributed by atoms with Gasteiger partial charge in [-0.15, -0.1) is 0 Å². The first-order chi connectivity index (χ1) is 34.8. The van der Waals surface area contributed by atoms with Crippen LogP contribution in [0.5, 0.6) is 0 Å². The fourth-order valence-corrected chi connectivity index (χ4v) is 12.2. The molecule has 0 N–H and O–H groups in total. The van der Waals surface area contributed by atoms with Gasteiger partial charge in [0, 0.05) is 39.3 Å². The Morgan fingerprint density at radius 1 is 0.271 bits per heavy atom. The van der Waals surface area contributed by atoms with Gasteiger partial charge in [-0.05, 0) is 138 Å². The van der Waals surface area contributed by atoms with E-state index in [1.807, 2.05) is 0 Å². The molecule has 0 amide bonds. The minimum atomic E-state index is -0.0267. The van der Waals surface area contributed by atoms with Crippen LogP contribution in [0.1, 0.15) is 22.6 Å². The van der Waals surface area contributed by atoms with E-state index in [9.17, 15) is 0 Å². The summed E-state index contributed by atoms with van der Waals surface area (Å²) < 4.78 is 2.45. The van der Waals surface area contributed by atoms with Crippen LogP contribution in [0.2, 0.25) is 0 Å². The maximum absolute atomic E-state index is 2.55. The SMILES string of the molecule is c1ccc(N2c3ccccc3C3c4ccc(-n5c6ccccc6c6ccccc65)cc4N(c4ccccc4)c4cc(-c5c6ccccc6c(-c6ccc7ccccc7c6)c6ccccc56)cc2c43)cc1. The van der Waals surface area contributed by atoms with Gasteiger partial charge in [0.15, 0.2) is 0 Å². The molecule has 0 radical (unpaired) electrons. The third-order valence-corrected chi connectivity index (χ3v) is 15.1. The molecule has 0 saturated carbocycles. The molecule has 3 heterocycles. The van der Waals surface area contributed by atoms with Gasteiger partial charge in [0.05, 0.1) is 33.8 Å². The van der Waals surface area contributed by atoms with E-state index in [4.69, 9.17) is 0 Å². The predicted octanol–water partition coefficient (Wildman–Crippen LogP) is 18.3. The number of rotatable bonds is 5. The summed E-state index contributed by atoms with van der Waals surface area (Å²) in [6, 6.07) is 94.6. The molecular formula is C67H43N3. The second-order valence-corrected chi connectivity index (χ2v) is 18.8. The number of fused-ring (bicyclic) bond motifs is 10. The normalized spacial score (nSPS) is 13.8. The molecule has 1 atom stereocenters. The largest absolute Gasteiger partial charge is 0.310 e. The molecule has 1 aromatic heterocycles. The van der Waals surface area contributed by atoms with Crippen LogP contribution in [0.15, 0.2) is 255 Å². The van der Waals surface area contributed by atoms with Gasteiger partial charge in [-0.25, -0.2) is 0 Å². The molecule has 12 aromatic carbocycles. The molecule has 0 fully saturated rings. The van der Waals surface area contributed by atoms with E-state index in [0.717, 1.165) is 17.1 Å². The lowest BCUT2D eigenvalue weighted by Crippen LogP contribution is -2.29. The van der Waals surface area contributed by atoms with Gasteiger partial charge >= 0.3 is 0 Å². The maximum atomic E-state index is 2.55. The zero-order chi connectivity index (χ0) is 45.9. The van der Waals surface area contributed by atoms with Crippen molar-refractivity contribution in [3.8, 4) is 27.9 Å². The van der Waals surface area contributed by atoms with Crippen molar-refractivity contribution in [3.05, 3.63) is 271 Å². The zero-order valence-electron chi connectivity index (χ0n) is 38.2. The molecule has 3 nitrogen and oxygen atoms in total. The number of anilines is 6.